The van der Waals surface area contributed by atoms with E-state index < -0.39 is 0 Å². The Hall–Kier alpha value is -3.20. The smallest absolute Gasteiger partial charge is 0.287 e. The number of anilines is 1. The van der Waals surface area contributed by atoms with Gasteiger partial charge in [-0.25, -0.2) is 9.97 Å². The van der Waals surface area contributed by atoms with Gasteiger partial charge >= 0.3 is 0 Å². The van der Waals surface area contributed by atoms with E-state index in [4.69, 9.17) is 23.9 Å². The summed E-state index contributed by atoms with van der Waals surface area (Å²) in [6, 6.07) is 11.2. The molecule has 0 radical (unpaired) electrons. The zero-order valence-electron chi connectivity index (χ0n) is 20.9. The summed E-state index contributed by atoms with van der Waals surface area (Å²) in [4.78, 5) is 24.4. The van der Waals surface area contributed by atoms with Crippen LogP contribution in [0.5, 0.6) is 11.5 Å². The van der Waals surface area contributed by atoms with Gasteiger partial charge in [0.05, 0.1) is 11.4 Å². The second-order valence-electron chi connectivity index (χ2n) is 9.24. The van der Waals surface area contributed by atoms with E-state index in [0.29, 0.717) is 29.0 Å². The number of rotatable bonds is 9. The Bertz CT molecular complexity index is 1180. The molecule has 0 saturated carbocycles. The van der Waals surface area contributed by atoms with Crippen molar-refractivity contribution in [2.24, 2.45) is 0 Å². The van der Waals surface area contributed by atoms with Gasteiger partial charge in [0.2, 0.25) is 6.79 Å². The molecule has 9 heteroatoms. The van der Waals surface area contributed by atoms with Crippen LogP contribution in [0.3, 0.4) is 0 Å². The Morgan fingerprint density at radius 2 is 1.83 bits per heavy atom. The second kappa shape index (κ2) is 10.6. The fourth-order valence-electron chi connectivity index (χ4n) is 3.60. The third-order valence-corrected chi connectivity index (χ3v) is 6.54. The van der Waals surface area contributed by atoms with E-state index in [-0.39, 0.29) is 23.9 Å². The lowest BCUT2D eigenvalue weighted by Crippen LogP contribution is -2.25. The predicted molar refractivity (Wildman–Crippen MR) is 136 cm³/mol. The molecule has 2 aromatic heterocycles. The van der Waals surface area contributed by atoms with Gasteiger partial charge in [-0.05, 0) is 43.7 Å². The van der Waals surface area contributed by atoms with Crippen LogP contribution >= 0.6 is 11.8 Å². The molecule has 4 rings (SSSR count). The number of carbonyl (C=O) groups is 1. The molecule has 1 aromatic carbocycles. The zero-order valence-corrected chi connectivity index (χ0v) is 21.7. The third kappa shape index (κ3) is 6.08. The summed E-state index contributed by atoms with van der Waals surface area (Å²) in [5, 5.41) is 3.58. The Morgan fingerprint density at radius 1 is 1.06 bits per heavy atom. The largest absolute Gasteiger partial charge is 0.455 e. The standard InChI is InChI=1S/C26H32N4O4S/c1-6-30(7-2)23-13-22(26(3,4)5)28-25(29-23)35-15-18-9-11-20(34-18)24(31)27-14-17-8-10-19-21(12-17)33-16-32-19/h8-13H,6-7,14-16H2,1-5H3,(H,27,31). The van der Waals surface area contributed by atoms with Crippen molar-refractivity contribution in [3.63, 3.8) is 0 Å². The highest BCUT2D eigenvalue weighted by molar-refractivity contribution is 7.98. The van der Waals surface area contributed by atoms with Gasteiger partial charge in [-0.15, -0.1) is 0 Å². The number of carbonyl (C=O) groups excluding carboxylic acids is 1. The highest BCUT2D eigenvalue weighted by Gasteiger charge is 2.20. The fourth-order valence-corrected chi connectivity index (χ4v) is 4.35. The summed E-state index contributed by atoms with van der Waals surface area (Å²) in [6.07, 6.45) is 0. The number of nitrogens with zero attached hydrogens (tertiary/aromatic N) is 3. The van der Waals surface area contributed by atoms with Crippen LogP contribution in [0.1, 0.15) is 62.2 Å². The Labute approximate surface area is 210 Å². The Morgan fingerprint density at radius 3 is 2.57 bits per heavy atom. The highest BCUT2D eigenvalue weighted by Crippen LogP contribution is 2.32. The van der Waals surface area contributed by atoms with Crippen LogP contribution in [0.15, 0.2) is 46.0 Å². The molecule has 1 amide bonds. The van der Waals surface area contributed by atoms with Crippen molar-refractivity contribution >= 4 is 23.5 Å². The van der Waals surface area contributed by atoms with Crippen LogP contribution in [-0.4, -0.2) is 35.8 Å². The number of ether oxygens (including phenoxy) is 2. The third-order valence-electron chi connectivity index (χ3n) is 5.67. The first kappa shape index (κ1) is 24.9. The first-order valence-corrected chi connectivity index (χ1v) is 12.8. The van der Waals surface area contributed by atoms with Gasteiger partial charge in [0.15, 0.2) is 22.4 Å². The average molecular weight is 497 g/mol. The molecule has 0 atom stereocenters. The van der Waals surface area contributed by atoms with Crippen LogP contribution in [0, 0.1) is 0 Å². The Kier molecular flexibility index (Phi) is 7.54. The second-order valence-corrected chi connectivity index (χ2v) is 10.2. The van der Waals surface area contributed by atoms with E-state index in [1.807, 2.05) is 24.3 Å². The summed E-state index contributed by atoms with van der Waals surface area (Å²) < 4.78 is 16.5. The molecule has 0 aliphatic carbocycles. The molecular weight excluding hydrogens is 464 g/mol. The average Bonchev–Trinajstić information content (AvgIpc) is 3.51. The number of amides is 1. The first-order chi connectivity index (χ1) is 16.8. The van der Waals surface area contributed by atoms with Gasteiger partial charge in [-0.1, -0.05) is 38.6 Å². The minimum absolute atomic E-state index is 0.0892. The molecule has 0 unspecified atom stereocenters. The molecule has 0 fully saturated rings. The molecular formula is C26H32N4O4S. The summed E-state index contributed by atoms with van der Waals surface area (Å²) in [7, 11) is 0. The quantitative estimate of drug-likeness (QED) is 0.321. The minimum Gasteiger partial charge on any atom is -0.455 e. The molecule has 0 bridgehead atoms. The molecule has 1 aliphatic rings. The lowest BCUT2D eigenvalue weighted by molar-refractivity contribution is 0.0921. The number of furan rings is 1. The Balaban J connectivity index is 1.38. The van der Waals surface area contributed by atoms with Crippen LogP contribution < -0.4 is 19.7 Å². The summed E-state index contributed by atoms with van der Waals surface area (Å²) in [6.45, 7) is 13.0. The van der Waals surface area contributed by atoms with Crippen LogP contribution in [0.4, 0.5) is 5.82 Å². The molecule has 3 heterocycles. The highest BCUT2D eigenvalue weighted by atomic mass is 32.2. The van der Waals surface area contributed by atoms with Crippen molar-refractivity contribution in [3.8, 4) is 11.5 Å². The van der Waals surface area contributed by atoms with Gasteiger partial charge < -0.3 is 24.1 Å². The van der Waals surface area contributed by atoms with E-state index in [2.05, 4.69) is 50.9 Å². The van der Waals surface area contributed by atoms with Crippen LogP contribution in [0.2, 0.25) is 0 Å². The fraction of sp³-hybridized carbons (Fsp3) is 0.423. The van der Waals surface area contributed by atoms with Gasteiger partial charge in [0.25, 0.3) is 5.91 Å². The molecule has 1 aliphatic heterocycles. The van der Waals surface area contributed by atoms with Crippen LogP contribution in [-0.2, 0) is 17.7 Å². The van der Waals surface area contributed by atoms with E-state index >= 15 is 0 Å². The number of hydrogen-bond acceptors (Lipinski definition) is 8. The maximum absolute atomic E-state index is 12.6. The number of fused-ring (bicyclic) bond motifs is 1. The van der Waals surface area contributed by atoms with Crippen molar-refractivity contribution in [3.05, 3.63) is 59.2 Å². The summed E-state index contributed by atoms with van der Waals surface area (Å²) in [5.41, 5.74) is 1.83. The number of aromatic nitrogens is 2. The van der Waals surface area contributed by atoms with E-state index in [1.54, 1.807) is 6.07 Å². The van der Waals surface area contributed by atoms with E-state index in [9.17, 15) is 4.79 Å². The molecule has 3 aromatic rings. The van der Waals surface area contributed by atoms with E-state index in [0.717, 1.165) is 35.9 Å². The van der Waals surface area contributed by atoms with Gasteiger partial charge in [0.1, 0.15) is 11.6 Å². The minimum atomic E-state index is -0.270. The molecule has 0 saturated heterocycles. The number of thioether (sulfide) groups is 1. The first-order valence-electron chi connectivity index (χ1n) is 11.8. The number of benzene rings is 1. The van der Waals surface area contributed by atoms with Gasteiger partial charge in [0, 0.05) is 31.1 Å². The summed E-state index contributed by atoms with van der Waals surface area (Å²) >= 11 is 1.50. The van der Waals surface area contributed by atoms with Crippen molar-refractivity contribution in [1.82, 2.24) is 15.3 Å². The topological polar surface area (TPSA) is 89.7 Å². The van der Waals surface area contributed by atoms with Crippen LogP contribution in [0.25, 0.3) is 0 Å². The zero-order chi connectivity index (χ0) is 25.0. The number of hydrogen-bond donors (Lipinski definition) is 1. The van der Waals surface area contributed by atoms with Gasteiger partial charge in [-0.3, -0.25) is 4.79 Å². The lowest BCUT2D eigenvalue weighted by Gasteiger charge is -2.24. The van der Waals surface area contributed by atoms with E-state index in [1.165, 1.54) is 11.8 Å². The monoisotopic (exact) mass is 496 g/mol. The maximum atomic E-state index is 12.6. The molecule has 8 nitrogen and oxygen atoms in total. The van der Waals surface area contributed by atoms with Crippen molar-refractivity contribution in [2.45, 2.75) is 57.5 Å². The molecule has 1 N–H and O–H groups in total. The lowest BCUT2D eigenvalue weighted by atomic mass is 9.92. The summed E-state index contributed by atoms with van der Waals surface area (Å²) in [5.74, 6) is 3.56. The molecule has 186 valence electrons. The number of nitrogens with one attached hydrogen (secondary N) is 1. The normalized spacial score (nSPS) is 12.6. The SMILES string of the molecule is CCN(CC)c1cc(C(C)(C)C)nc(SCc2ccc(C(=O)NCc3ccc4c(c3)OCO4)o2)n1. The predicted octanol–water partition coefficient (Wildman–Crippen LogP) is 5.16. The van der Waals surface area contributed by atoms with Crippen molar-refractivity contribution in [1.29, 1.82) is 0 Å². The maximum Gasteiger partial charge on any atom is 0.287 e. The van der Waals surface area contributed by atoms with Crippen molar-refractivity contribution < 1.29 is 18.7 Å². The molecule has 35 heavy (non-hydrogen) atoms. The van der Waals surface area contributed by atoms with Crippen molar-refractivity contribution in [2.75, 3.05) is 24.8 Å². The van der Waals surface area contributed by atoms with Gasteiger partial charge in [-0.2, -0.15) is 0 Å². The molecule has 0 spiro atoms.